The maximum Gasteiger partial charge on any atom is 0.243 e. The van der Waals surface area contributed by atoms with E-state index in [9.17, 15) is 9.59 Å². The Kier molecular flexibility index (Phi) is 10.1. The van der Waals surface area contributed by atoms with E-state index in [0.29, 0.717) is 32.4 Å². The Balaban J connectivity index is 1.75. The lowest BCUT2D eigenvalue weighted by Crippen LogP contribution is -2.35. The molecule has 0 radical (unpaired) electrons. The van der Waals surface area contributed by atoms with Gasteiger partial charge in [0.2, 0.25) is 11.8 Å². The highest BCUT2D eigenvalue weighted by Gasteiger charge is 2.21. The van der Waals surface area contributed by atoms with Gasteiger partial charge in [-0.3, -0.25) is 9.59 Å². The highest BCUT2D eigenvalue weighted by molar-refractivity contribution is 7.99. The third-order valence-corrected chi connectivity index (χ3v) is 5.94. The normalized spacial score (nSPS) is 14.1. The molecule has 1 aromatic carbocycles. The summed E-state index contributed by atoms with van der Waals surface area (Å²) in [6, 6.07) is 8.34. The molecule has 1 N–H and O–H groups in total. The van der Waals surface area contributed by atoms with Crippen LogP contribution in [0.3, 0.4) is 0 Å². The average molecular weight is 404 g/mol. The van der Waals surface area contributed by atoms with E-state index in [2.05, 4.69) is 48.5 Å². The van der Waals surface area contributed by atoms with Crippen LogP contribution < -0.4 is 5.32 Å². The minimum absolute atomic E-state index is 0.00551. The molecule has 0 atom stereocenters. The number of carbonyl (C=O) groups excluding carboxylic acids is 2. The van der Waals surface area contributed by atoms with Crippen molar-refractivity contribution in [3.05, 3.63) is 35.4 Å². The molecular weight excluding hydrogens is 370 g/mol. The van der Waals surface area contributed by atoms with Gasteiger partial charge < -0.3 is 5.32 Å². The summed E-state index contributed by atoms with van der Waals surface area (Å²) in [5.41, 5.74) is 3.26. The Bertz CT molecular complexity index is 658. The van der Waals surface area contributed by atoms with E-state index < -0.39 is 0 Å². The Morgan fingerprint density at radius 2 is 1.89 bits per heavy atom. The molecule has 28 heavy (non-hydrogen) atoms. The first-order valence-corrected chi connectivity index (χ1v) is 11.6. The number of hydrogen-bond donors (Lipinski definition) is 1. The quantitative estimate of drug-likeness (QED) is 0.537. The molecule has 0 aliphatic carbocycles. The molecule has 0 fully saturated rings. The van der Waals surface area contributed by atoms with Crippen LogP contribution >= 0.6 is 11.8 Å². The van der Waals surface area contributed by atoms with E-state index in [0.717, 1.165) is 29.9 Å². The van der Waals surface area contributed by atoms with Crippen LogP contribution in [0.25, 0.3) is 0 Å². The molecule has 154 valence electrons. The number of carbonyl (C=O) groups is 2. The summed E-state index contributed by atoms with van der Waals surface area (Å²) in [4.78, 5) is 24.2. The average Bonchev–Trinajstić information content (AvgIpc) is 2.72. The van der Waals surface area contributed by atoms with Gasteiger partial charge in [-0.1, -0.05) is 44.5 Å². The van der Waals surface area contributed by atoms with E-state index in [4.69, 9.17) is 0 Å². The standard InChI is InChI=1S/C22H33N3O2S/c1-3-5-16-28-17-6-14-23-21(26)13-15-25-22(27)12-11-20(24-25)19-9-7-18(4-2)8-10-19/h7-10H,3-6,11-17H2,1-2H3,(H,23,26). The van der Waals surface area contributed by atoms with Crippen molar-refractivity contribution in [3.63, 3.8) is 0 Å². The van der Waals surface area contributed by atoms with Crippen LogP contribution in [-0.4, -0.2) is 47.1 Å². The zero-order valence-corrected chi connectivity index (χ0v) is 18.0. The lowest BCUT2D eigenvalue weighted by atomic mass is 10.0. The van der Waals surface area contributed by atoms with Gasteiger partial charge in [0.25, 0.3) is 0 Å². The molecule has 1 aliphatic rings. The Morgan fingerprint density at radius 3 is 2.61 bits per heavy atom. The summed E-state index contributed by atoms with van der Waals surface area (Å²) >= 11 is 1.94. The molecule has 2 amide bonds. The maximum absolute atomic E-state index is 12.2. The van der Waals surface area contributed by atoms with Crippen LogP contribution in [0, 0.1) is 0 Å². The lowest BCUT2D eigenvalue weighted by molar-refractivity contribution is -0.132. The fourth-order valence-electron chi connectivity index (χ4n) is 2.96. The molecule has 2 rings (SSSR count). The first-order valence-electron chi connectivity index (χ1n) is 10.5. The van der Waals surface area contributed by atoms with Gasteiger partial charge in [-0.25, -0.2) is 5.01 Å². The summed E-state index contributed by atoms with van der Waals surface area (Å²) in [6.07, 6.45) is 5.87. The predicted octanol–water partition coefficient (Wildman–Crippen LogP) is 4.01. The van der Waals surface area contributed by atoms with E-state index in [-0.39, 0.29) is 11.8 Å². The van der Waals surface area contributed by atoms with Gasteiger partial charge in [-0.2, -0.15) is 16.9 Å². The van der Waals surface area contributed by atoms with E-state index in [1.807, 2.05) is 11.8 Å². The second kappa shape index (κ2) is 12.6. The number of nitrogens with one attached hydrogen (secondary N) is 1. The van der Waals surface area contributed by atoms with Crippen molar-refractivity contribution in [2.45, 2.75) is 58.8 Å². The van der Waals surface area contributed by atoms with Crippen LogP contribution in [0.5, 0.6) is 0 Å². The number of hydrogen-bond acceptors (Lipinski definition) is 4. The van der Waals surface area contributed by atoms with E-state index in [1.165, 1.54) is 29.2 Å². The minimum atomic E-state index is -0.0130. The zero-order valence-electron chi connectivity index (χ0n) is 17.2. The summed E-state index contributed by atoms with van der Waals surface area (Å²) < 4.78 is 0. The van der Waals surface area contributed by atoms with Gasteiger partial charge in [0.15, 0.2) is 0 Å². The number of benzene rings is 1. The van der Waals surface area contributed by atoms with Crippen molar-refractivity contribution in [2.24, 2.45) is 5.10 Å². The predicted molar refractivity (Wildman–Crippen MR) is 118 cm³/mol. The minimum Gasteiger partial charge on any atom is -0.356 e. The zero-order chi connectivity index (χ0) is 20.2. The number of hydrazone groups is 1. The van der Waals surface area contributed by atoms with Crippen molar-refractivity contribution in [3.8, 4) is 0 Å². The largest absolute Gasteiger partial charge is 0.356 e. The van der Waals surface area contributed by atoms with Gasteiger partial charge >= 0.3 is 0 Å². The van der Waals surface area contributed by atoms with Crippen molar-refractivity contribution < 1.29 is 9.59 Å². The topological polar surface area (TPSA) is 61.8 Å². The Hall–Kier alpha value is -1.82. The number of rotatable bonds is 12. The summed E-state index contributed by atoms with van der Waals surface area (Å²) in [5, 5.41) is 8.93. The number of aryl methyl sites for hydroxylation is 1. The third kappa shape index (κ3) is 7.66. The highest BCUT2D eigenvalue weighted by Crippen LogP contribution is 2.16. The molecule has 0 aromatic heterocycles. The molecule has 1 heterocycles. The molecule has 1 aliphatic heterocycles. The Morgan fingerprint density at radius 1 is 1.14 bits per heavy atom. The second-order valence-corrected chi connectivity index (χ2v) is 8.26. The van der Waals surface area contributed by atoms with Crippen molar-refractivity contribution in [1.82, 2.24) is 10.3 Å². The van der Waals surface area contributed by atoms with Gasteiger partial charge in [0.1, 0.15) is 0 Å². The number of unbranched alkanes of at least 4 members (excludes halogenated alkanes) is 1. The molecule has 0 unspecified atom stereocenters. The first-order chi connectivity index (χ1) is 13.6. The van der Waals surface area contributed by atoms with Gasteiger partial charge in [-0.05, 0) is 41.9 Å². The molecule has 1 aromatic rings. The maximum atomic E-state index is 12.2. The molecular formula is C22H33N3O2S. The lowest BCUT2D eigenvalue weighted by Gasteiger charge is -2.23. The highest BCUT2D eigenvalue weighted by atomic mass is 32.2. The molecule has 0 spiro atoms. The number of thioether (sulfide) groups is 1. The monoisotopic (exact) mass is 403 g/mol. The molecule has 0 saturated carbocycles. The van der Waals surface area contributed by atoms with E-state index in [1.54, 1.807) is 0 Å². The van der Waals surface area contributed by atoms with Crippen molar-refractivity contribution in [1.29, 1.82) is 0 Å². The molecule has 5 nitrogen and oxygen atoms in total. The first kappa shape index (κ1) is 22.5. The van der Waals surface area contributed by atoms with Crippen LogP contribution in [0.4, 0.5) is 0 Å². The second-order valence-electron chi connectivity index (χ2n) is 7.03. The number of nitrogens with zero attached hydrogens (tertiary/aromatic N) is 2. The fourth-order valence-corrected chi connectivity index (χ4v) is 4.01. The summed E-state index contributed by atoms with van der Waals surface area (Å²) in [6.45, 7) is 5.36. The smallest absolute Gasteiger partial charge is 0.243 e. The third-order valence-electron chi connectivity index (χ3n) is 4.78. The van der Waals surface area contributed by atoms with Crippen LogP contribution in [0.1, 0.15) is 63.5 Å². The van der Waals surface area contributed by atoms with Crippen molar-refractivity contribution >= 4 is 29.3 Å². The van der Waals surface area contributed by atoms with Crippen LogP contribution in [0.2, 0.25) is 0 Å². The number of amides is 2. The van der Waals surface area contributed by atoms with E-state index >= 15 is 0 Å². The SMILES string of the molecule is CCCCSCCCNC(=O)CCN1N=C(c2ccc(CC)cc2)CCC1=O. The Labute approximate surface area is 173 Å². The fraction of sp³-hybridized carbons (Fsp3) is 0.591. The molecule has 6 heteroatoms. The van der Waals surface area contributed by atoms with Gasteiger partial charge in [-0.15, -0.1) is 0 Å². The van der Waals surface area contributed by atoms with Crippen molar-refractivity contribution in [2.75, 3.05) is 24.6 Å². The molecule has 0 bridgehead atoms. The summed E-state index contributed by atoms with van der Waals surface area (Å²) in [5.74, 6) is 2.26. The van der Waals surface area contributed by atoms with Gasteiger partial charge in [0.05, 0.1) is 12.3 Å². The van der Waals surface area contributed by atoms with Crippen LogP contribution in [0.15, 0.2) is 29.4 Å². The van der Waals surface area contributed by atoms with Gasteiger partial charge in [0, 0.05) is 25.8 Å². The molecule has 0 saturated heterocycles. The summed E-state index contributed by atoms with van der Waals surface area (Å²) in [7, 11) is 0. The van der Waals surface area contributed by atoms with Crippen LogP contribution in [-0.2, 0) is 16.0 Å².